The van der Waals surface area contributed by atoms with E-state index in [1.807, 2.05) is 23.1 Å². The summed E-state index contributed by atoms with van der Waals surface area (Å²) in [5.74, 6) is 2.31. The maximum absolute atomic E-state index is 12.5. The lowest BCUT2D eigenvalue weighted by Gasteiger charge is -2.30. The van der Waals surface area contributed by atoms with Gasteiger partial charge in [-0.3, -0.25) is 4.79 Å². The molecule has 3 rings (SSSR count). The smallest absolute Gasteiger partial charge is 0.274 e. The Balaban J connectivity index is 1.69. The van der Waals surface area contributed by atoms with Crippen LogP contribution in [0.4, 0.5) is 11.5 Å². The number of hydrogen-bond donors (Lipinski definition) is 1. The number of carbonyl (C=O) groups excluding carboxylic acids is 1. The number of ether oxygens (including phenoxy) is 2. The quantitative estimate of drug-likeness (QED) is 0.887. The Labute approximate surface area is 153 Å². The van der Waals surface area contributed by atoms with E-state index in [0.29, 0.717) is 28.9 Å². The van der Waals surface area contributed by atoms with Crippen LogP contribution in [0, 0.1) is 5.92 Å². The molecule has 1 aliphatic heterocycles. The average molecular weight is 356 g/mol. The fraction of sp³-hybridized carbons (Fsp3) is 0.421. The van der Waals surface area contributed by atoms with Gasteiger partial charge in [0.25, 0.3) is 5.91 Å². The highest BCUT2D eigenvalue weighted by Gasteiger charge is 2.23. The fourth-order valence-electron chi connectivity index (χ4n) is 3.10. The zero-order valence-electron chi connectivity index (χ0n) is 15.4. The number of likely N-dealkylation sites (tertiary alicyclic amines) is 1. The van der Waals surface area contributed by atoms with Gasteiger partial charge in [0.2, 0.25) is 0 Å². The molecular formula is C19H24N4O3. The van der Waals surface area contributed by atoms with Gasteiger partial charge in [-0.05, 0) is 30.9 Å². The van der Waals surface area contributed by atoms with Gasteiger partial charge in [-0.25, -0.2) is 9.97 Å². The van der Waals surface area contributed by atoms with Gasteiger partial charge in [0.15, 0.2) is 11.5 Å². The molecule has 2 heterocycles. The summed E-state index contributed by atoms with van der Waals surface area (Å²) < 4.78 is 10.5. The Bertz CT molecular complexity index is 764. The van der Waals surface area contributed by atoms with Crippen molar-refractivity contribution in [2.24, 2.45) is 5.92 Å². The number of amides is 1. The molecule has 0 aliphatic carbocycles. The molecule has 138 valence electrons. The van der Waals surface area contributed by atoms with E-state index in [0.717, 1.165) is 25.2 Å². The van der Waals surface area contributed by atoms with Crippen molar-refractivity contribution in [3.05, 3.63) is 36.3 Å². The highest BCUT2D eigenvalue weighted by Crippen LogP contribution is 2.30. The molecule has 2 aromatic rings. The van der Waals surface area contributed by atoms with E-state index < -0.39 is 0 Å². The number of carbonyl (C=O) groups is 1. The first-order valence-corrected chi connectivity index (χ1v) is 8.71. The summed E-state index contributed by atoms with van der Waals surface area (Å²) >= 11 is 0. The van der Waals surface area contributed by atoms with Crippen LogP contribution >= 0.6 is 0 Å². The molecule has 1 aliphatic rings. The summed E-state index contributed by atoms with van der Waals surface area (Å²) in [6.45, 7) is 3.74. The van der Waals surface area contributed by atoms with Crippen LogP contribution in [0.1, 0.15) is 30.3 Å². The first-order valence-electron chi connectivity index (χ1n) is 8.71. The van der Waals surface area contributed by atoms with E-state index >= 15 is 0 Å². The number of nitrogens with zero attached hydrogens (tertiary/aromatic N) is 3. The Morgan fingerprint density at radius 2 is 2.00 bits per heavy atom. The van der Waals surface area contributed by atoms with Crippen LogP contribution in [0.3, 0.4) is 0 Å². The monoisotopic (exact) mass is 356 g/mol. The van der Waals surface area contributed by atoms with E-state index in [4.69, 9.17) is 9.47 Å². The lowest BCUT2D eigenvalue weighted by atomic mass is 10.0. The van der Waals surface area contributed by atoms with Crippen molar-refractivity contribution in [2.75, 3.05) is 32.6 Å². The molecule has 1 atom stereocenters. The molecule has 1 aromatic carbocycles. The maximum atomic E-state index is 12.5. The molecule has 0 bridgehead atoms. The molecule has 1 aromatic heterocycles. The summed E-state index contributed by atoms with van der Waals surface area (Å²) in [4.78, 5) is 23.0. The highest BCUT2D eigenvalue weighted by molar-refractivity contribution is 5.92. The minimum Gasteiger partial charge on any atom is -0.493 e. The molecule has 1 unspecified atom stereocenters. The first-order chi connectivity index (χ1) is 12.6. The molecule has 1 N–H and O–H groups in total. The van der Waals surface area contributed by atoms with Gasteiger partial charge in [0, 0.05) is 24.8 Å². The summed E-state index contributed by atoms with van der Waals surface area (Å²) in [5.41, 5.74) is 1.16. The topological polar surface area (TPSA) is 76.6 Å². The van der Waals surface area contributed by atoms with Crippen molar-refractivity contribution in [3.8, 4) is 11.5 Å². The van der Waals surface area contributed by atoms with Gasteiger partial charge in [-0.1, -0.05) is 6.92 Å². The first kappa shape index (κ1) is 18.0. The summed E-state index contributed by atoms with van der Waals surface area (Å²) in [6.07, 6.45) is 5.30. The predicted octanol–water partition coefficient (Wildman–Crippen LogP) is 3.11. The van der Waals surface area contributed by atoms with Crippen LogP contribution in [0.15, 0.2) is 30.6 Å². The number of nitrogens with one attached hydrogen (secondary N) is 1. The lowest BCUT2D eigenvalue weighted by Crippen LogP contribution is -2.39. The van der Waals surface area contributed by atoms with Crippen LogP contribution in [-0.4, -0.2) is 48.1 Å². The molecule has 1 amide bonds. The van der Waals surface area contributed by atoms with Crippen molar-refractivity contribution >= 4 is 17.4 Å². The summed E-state index contributed by atoms with van der Waals surface area (Å²) in [6, 6.07) is 5.48. The fourth-order valence-corrected chi connectivity index (χ4v) is 3.10. The van der Waals surface area contributed by atoms with Crippen molar-refractivity contribution in [1.82, 2.24) is 14.9 Å². The second kappa shape index (κ2) is 8.03. The number of rotatable bonds is 5. The van der Waals surface area contributed by atoms with Crippen molar-refractivity contribution in [2.45, 2.75) is 19.8 Å². The molecular weight excluding hydrogens is 332 g/mol. The number of piperidine rings is 1. The van der Waals surface area contributed by atoms with Crippen molar-refractivity contribution in [3.63, 3.8) is 0 Å². The van der Waals surface area contributed by atoms with E-state index in [9.17, 15) is 4.79 Å². The molecule has 7 heteroatoms. The Morgan fingerprint density at radius 3 is 2.65 bits per heavy atom. The van der Waals surface area contributed by atoms with E-state index in [1.165, 1.54) is 12.6 Å². The third-order valence-electron chi connectivity index (χ3n) is 4.47. The Morgan fingerprint density at radius 1 is 1.19 bits per heavy atom. The second-order valence-corrected chi connectivity index (χ2v) is 6.48. The SMILES string of the molecule is COc1ccc(Nc2cnc(C(=O)N3CCCC(C)C3)cn2)cc1OC. The summed E-state index contributed by atoms with van der Waals surface area (Å²) in [5, 5.41) is 3.15. The molecule has 1 fully saturated rings. The molecule has 26 heavy (non-hydrogen) atoms. The lowest BCUT2D eigenvalue weighted by molar-refractivity contribution is 0.0676. The molecule has 7 nitrogen and oxygen atoms in total. The van der Waals surface area contributed by atoms with Gasteiger partial charge in [0.1, 0.15) is 11.5 Å². The van der Waals surface area contributed by atoms with E-state index in [2.05, 4.69) is 22.2 Å². The van der Waals surface area contributed by atoms with Gasteiger partial charge in [-0.2, -0.15) is 0 Å². The van der Waals surface area contributed by atoms with Crippen LogP contribution in [0.2, 0.25) is 0 Å². The zero-order valence-corrected chi connectivity index (χ0v) is 15.4. The highest BCUT2D eigenvalue weighted by atomic mass is 16.5. The van der Waals surface area contributed by atoms with Gasteiger partial charge in [-0.15, -0.1) is 0 Å². The van der Waals surface area contributed by atoms with Gasteiger partial charge in [0.05, 0.1) is 26.6 Å². The Kier molecular flexibility index (Phi) is 5.55. The van der Waals surface area contributed by atoms with E-state index in [1.54, 1.807) is 20.4 Å². The van der Waals surface area contributed by atoms with Crippen LogP contribution in [-0.2, 0) is 0 Å². The van der Waals surface area contributed by atoms with Crippen molar-refractivity contribution in [1.29, 1.82) is 0 Å². The molecule has 0 spiro atoms. The number of methoxy groups -OCH3 is 2. The number of hydrogen-bond acceptors (Lipinski definition) is 6. The minimum absolute atomic E-state index is 0.0540. The number of aromatic nitrogens is 2. The predicted molar refractivity (Wildman–Crippen MR) is 99.2 cm³/mol. The average Bonchev–Trinajstić information content (AvgIpc) is 2.68. The van der Waals surface area contributed by atoms with Gasteiger partial charge >= 0.3 is 0 Å². The molecule has 0 saturated carbocycles. The van der Waals surface area contributed by atoms with E-state index in [-0.39, 0.29) is 5.91 Å². The second-order valence-electron chi connectivity index (χ2n) is 6.48. The third-order valence-corrected chi connectivity index (χ3v) is 4.47. The standard InChI is InChI=1S/C19H24N4O3/c1-13-5-4-8-23(12-13)19(24)15-10-21-18(11-20-15)22-14-6-7-16(25-2)17(9-14)26-3/h6-7,9-11,13H,4-5,8,12H2,1-3H3,(H,21,22). The van der Waals surface area contributed by atoms with Crippen LogP contribution in [0.25, 0.3) is 0 Å². The molecule has 1 saturated heterocycles. The number of anilines is 2. The molecule has 0 radical (unpaired) electrons. The van der Waals surface area contributed by atoms with Crippen molar-refractivity contribution < 1.29 is 14.3 Å². The summed E-state index contributed by atoms with van der Waals surface area (Å²) in [7, 11) is 3.18. The maximum Gasteiger partial charge on any atom is 0.274 e. The van der Waals surface area contributed by atoms with Crippen LogP contribution < -0.4 is 14.8 Å². The Hall–Kier alpha value is -2.83. The third kappa shape index (κ3) is 4.04. The minimum atomic E-state index is -0.0540. The van der Waals surface area contributed by atoms with Gasteiger partial charge < -0.3 is 19.7 Å². The number of benzene rings is 1. The van der Waals surface area contributed by atoms with Crippen LogP contribution in [0.5, 0.6) is 11.5 Å². The zero-order chi connectivity index (χ0) is 18.5. The normalized spacial score (nSPS) is 16.9. The largest absolute Gasteiger partial charge is 0.493 e.